The van der Waals surface area contributed by atoms with Gasteiger partial charge < -0.3 is 14.8 Å². The van der Waals surface area contributed by atoms with Crippen LogP contribution in [0, 0.1) is 0 Å². The van der Waals surface area contributed by atoms with Crippen LogP contribution in [0.15, 0.2) is 53.7 Å². The molecule has 146 valence electrons. The van der Waals surface area contributed by atoms with E-state index in [9.17, 15) is 4.79 Å². The summed E-state index contributed by atoms with van der Waals surface area (Å²) in [5.74, 6) is 2.64. The zero-order valence-electron chi connectivity index (χ0n) is 16.0. The van der Waals surface area contributed by atoms with E-state index in [0.717, 1.165) is 22.2 Å². The number of methoxy groups -OCH3 is 2. The van der Waals surface area contributed by atoms with Crippen LogP contribution in [0.3, 0.4) is 0 Å². The van der Waals surface area contributed by atoms with Gasteiger partial charge in [0.2, 0.25) is 5.91 Å². The lowest BCUT2D eigenvalue weighted by molar-refractivity contribution is -0.118. The van der Waals surface area contributed by atoms with Crippen molar-refractivity contribution in [1.82, 2.24) is 20.1 Å². The van der Waals surface area contributed by atoms with Gasteiger partial charge in [0.05, 0.1) is 19.9 Å². The third-order valence-corrected chi connectivity index (χ3v) is 4.93. The van der Waals surface area contributed by atoms with Gasteiger partial charge in [-0.1, -0.05) is 42.1 Å². The van der Waals surface area contributed by atoms with Crippen LogP contribution in [-0.4, -0.2) is 47.2 Å². The third-order valence-electron chi connectivity index (χ3n) is 4.00. The summed E-state index contributed by atoms with van der Waals surface area (Å²) in [7, 11) is 3.21. The number of hydrogen-bond donors (Lipinski definition) is 1. The number of nitrogens with zero attached hydrogens (tertiary/aromatic N) is 3. The summed E-state index contributed by atoms with van der Waals surface area (Å²) in [6, 6.07) is 15.6. The lowest BCUT2D eigenvalue weighted by Crippen LogP contribution is -2.22. The van der Waals surface area contributed by atoms with Crippen molar-refractivity contribution in [3.63, 3.8) is 0 Å². The molecule has 0 radical (unpaired) electrons. The van der Waals surface area contributed by atoms with Crippen LogP contribution in [0.2, 0.25) is 0 Å². The van der Waals surface area contributed by atoms with Gasteiger partial charge in [-0.15, -0.1) is 10.2 Å². The van der Waals surface area contributed by atoms with Gasteiger partial charge in [0.1, 0.15) is 0 Å². The molecule has 0 atom stereocenters. The molecule has 1 aromatic heterocycles. The Morgan fingerprint density at radius 2 is 1.82 bits per heavy atom. The standard InChI is InChI=1S/C20H22N4O3S/c1-14(25)21-11-12-28-20-23-22-19(15-7-5-4-6-8-15)24(20)16-9-10-17(26-2)18(13-16)27-3/h4-10,13H,11-12H2,1-3H3,(H,21,25). The predicted octanol–water partition coefficient (Wildman–Crippen LogP) is 3.18. The van der Waals surface area contributed by atoms with Crippen molar-refractivity contribution in [2.45, 2.75) is 12.1 Å². The highest BCUT2D eigenvalue weighted by molar-refractivity contribution is 7.99. The highest BCUT2D eigenvalue weighted by Crippen LogP contribution is 2.33. The average Bonchev–Trinajstić information content (AvgIpc) is 3.15. The van der Waals surface area contributed by atoms with Crippen molar-refractivity contribution < 1.29 is 14.3 Å². The molecule has 0 unspecified atom stereocenters. The van der Waals surface area contributed by atoms with Crippen LogP contribution in [0.4, 0.5) is 0 Å². The van der Waals surface area contributed by atoms with Gasteiger partial charge in [-0.05, 0) is 12.1 Å². The molecule has 1 amide bonds. The number of carbonyl (C=O) groups is 1. The van der Waals surface area contributed by atoms with E-state index in [-0.39, 0.29) is 5.91 Å². The summed E-state index contributed by atoms with van der Waals surface area (Å²) < 4.78 is 12.8. The fraction of sp³-hybridized carbons (Fsp3) is 0.250. The number of hydrogen-bond acceptors (Lipinski definition) is 6. The molecule has 0 bridgehead atoms. The molecule has 3 rings (SSSR count). The monoisotopic (exact) mass is 398 g/mol. The summed E-state index contributed by atoms with van der Waals surface area (Å²) in [5, 5.41) is 12.3. The molecule has 28 heavy (non-hydrogen) atoms. The molecule has 0 aliphatic carbocycles. The zero-order valence-corrected chi connectivity index (χ0v) is 16.8. The number of aromatic nitrogens is 3. The number of nitrogens with one attached hydrogen (secondary N) is 1. The zero-order chi connectivity index (χ0) is 19.9. The Balaban J connectivity index is 2.00. The van der Waals surface area contributed by atoms with Gasteiger partial charge in [-0.3, -0.25) is 9.36 Å². The number of benzene rings is 2. The van der Waals surface area contributed by atoms with Crippen LogP contribution in [0.25, 0.3) is 17.1 Å². The molecule has 8 heteroatoms. The summed E-state index contributed by atoms with van der Waals surface area (Å²) in [6.45, 7) is 2.06. The molecule has 0 fully saturated rings. The summed E-state index contributed by atoms with van der Waals surface area (Å²) in [6.07, 6.45) is 0. The topological polar surface area (TPSA) is 78.3 Å². The van der Waals surface area contributed by atoms with Crippen molar-refractivity contribution in [1.29, 1.82) is 0 Å². The Bertz CT molecular complexity index is 944. The van der Waals surface area contributed by atoms with Crippen molar-refractivity contribution in [2.75, 3.05) is 26.5 Å². The molecule has 1 N–H and O–H groups in total. The highest BCUT2D eigenvalue weighted by atomic mass is 32.2. The van der Waals surface area contributed by atoms with Crippen molar-refractivity contribution >= 4 is 17.7 Å². The van der Waals surface area contributed by atoms with E-state index in [0.29, 0.717) is 23.8 Å². The molecule has 3 aromatic rings. The SMILES string of the molecule is COc1ccc(-n2c(SCCNC(C)=O)nnc2-c2ccccc2)cc1OC. The van der Waals surface area contributed by atoms with Crippen molar-refractivity contribution in [3.8, 4) is 28.6 Å². The quantitative estimate of drug-likeness (QED) is 0.464. The first kappa shape index (κ1) is 19.8. The maximum absolute atomic E-state index is 11.1. The second-order valence-corrected chi connectivity index (χ2v) is 6.94. The molecule has 1 heterocycles. The smallest absolute Gasteiger partial charge is 0.216 e. The Morgan fingerprint density at radius 1 is 1.07 bits per heavy atom. The molecule has 0 spiro atoms. The van der Waals surface area contributed by atoms with Gasteiger partial charge in [0.25, 0.3) is 0 Å². The number of thioether (sulfide) groups is 1. The minimum atomic E-state index is -0.0491. The lowest BCUT2D eigenvalue weighted by atomic mass is 10.2. The molecule has 0 saturated heterocycles. The summed E-state index contributed by atoms with van der Waals surface area (Å²) in [4.78, 5) is 11.1. The van der Waals surface area contributed by atoms with Crippen LogP contribution < -0.4 is 14.8 Å². The van der Waals surface area contributed by atoms with Crippen LogP contribution in [0.1, 0.15) is 6.92 Å². The van der Waals surface area contributed by atoms with E-state index in [1.165, 1.54) is 18.7 Å². The van der Waals surface area contributed by atoms with E-state index in [1.807, 2.05) is 53.1 Å². The molecule has 2 aromatic carbocycles. The average molecular weight is 398 g/mol. The minimum Gasteiger partial charge on any atom is -0.493 e. The second-order valence-electron chi connectivity index (χ2n) is 5.88. The summed E-state index contributed by atoms with van der Waals surface area (Å²) in [5.41, 5.74) is 1.82. The van der Waals surface area contributed by atoms with Crippen molar-refractivity contribution in [3.05, 3.63) is 48.5 Å². The van der Waals surface area contributed by atoms with Gasteiger partial charge in [0, 0.05) is 30.9 Å². The van der Waals surface area contributed by atoms with E-state index in [4.69, 9.17) is 9.47 Å². The molecule has 0 aliphatic rings. The first-order chi connectivity index (χ1) is 13.6. The Morgan fingerprint density at radius 3 is 2.50 bits per heavy atom. The third kappa shape index (κ3) is 4.45. The first-order valence-electron chi connectivity index (χ1n) is 8.74. The summed E-state index contributed by atoms with van der Waals surface area (Å²) >= 11 is 1.53. The molecular weight excluding hydrogens is 376 g/mol. The largest absolute Gasteiger partial charge is 0.493 e. The fourth-order valence-corrected chi connectivity index (χ4v) is 3.51. The normalized spacial score (nSPS) is 10.5. The maximum Gasteiger partial charge on any atom is 0.216 e. The van der Waals surface area contributed by atoms with E-state index in [1.54, 1.807) is 14.2 Å². The highest BCUT2D eigenvalue weighted by Gasteiger charge is 2.17. The lowest BCUT2D eigenvalue weighted by Gasteiger charge is -2.13. The second kappa shape index (κ2) is 9.27. The van der Waals surface area contributed by atoms with Crippen LogP contribution in [0.5, 0.6) is 11.5 Å². The first-order valence-corrected chi connectivity index (χ1v) is 9.73. The molecule has 7 nitrogen and oxygen atoms in total. The number of rotatable bonds is 8. The number of amides is 1. The number of ether oxygens (including phenoxy) is 2. The molecule has 0 aliphatic heterocycles. The van der Waals surface area contributed by atoms with Gasteiger partial charge in [-0.25, -0.2) is 0 Å². The molecule has 0 saturated carbocycles. The van der Waals surface area contributed by atoms with E-state index in [2.05, 4.69) is 15.5 Å². The van der Waals surface area contributed by atoms with E-state index >= 15 is 0 Å². The Labute approximate surface area is 168 Å². The Kier molecular flexibility index (Phi) is 6.54. The van der Waals surface area contributed by atoms with Gasteiger partial charge in [0.15, 0.2) is 22.5 Å². The van der Waals surface area contributed by atoms with E-state index < -0.39 is 0 Å². The van der Waals surface area contributed by atoms with Crippen LogP contribution >= 0.6 is 11.8 Å². The van der Waals surface area contributed by atoms with Gasteiger partial charge in [-0.2, -0.15) is 0 Å². The fourth-order valence-electron chi connectivity index (χ4n) is 2.70. The van der Waals surface area contributed by atoms with Gasteiger partial charge >= 0.3 is 0 Å². The minimum absolute atomic E-state index is 0.0491. The molecular formula is C20H22N4O3S. The van der Waals surface area contributed by atoms with Crippen molar-refractivity contribution in [2.24, 2.45) is 0 Å². The Hall–Kier alpha value is -3.00. The maximum atomic E-state index is 11.1. The predicted molar refractivity (Wildman–Crippen MR) is 109 cm³/mol. The number of carbonyl (C=O) groups excluding carboxylic acids is 1. The van der Waals surface area contributed by atoms with Crippen LogP contribution in [-0.2, 0) is 4.79 Å².